The molecule has 0 spiro atoms. The van der Waals surface area contributed by atoms with Crippen molar-refractivity contribution in [3.8, 4) is 22.8 Å². The van der Waals surface area contributed by atoms with E-state index in [2.05, 4.69) is 10.3 Å². The van der Waals surface area contributed by atoms with E-state index in [1.807, 2.05) is 36.6 Å². The summed E-state index contributed by atoms with van der Waals surface area (Å²) in [6.07, 6.45) is 1.93. The fraction of sp³-hybridized carbons (Fsp3) is 0.217. The summed E-state index contributed by atoms with van der Waals surface area (Å²) in [4.78, 5) is 18.7. The smallest absolute Gasteiger partial charge is 0.258 e. The molecular formula is C23H22FN3O3S. The van der Waals surface area contributed by atoms with Gasteiger partial charge in [0.1, 0.15) is 17.3 Å². The lowest BCUT2D eigenvalue weighted by Crippen LogP contribution is -2.28. The third-order valence-electron chi connectivity index (χ3n) is 4.74. The Bertz CT molecular complexity index is 1180. The molecule has 6 nitrogen and oxygen atoms in total. The zero-order valence-corrected chi connectivity index (χ0v) is 18.0. The molecule has 8 heteroatoms. The lowest BCUT2D eigenvalue weighted by atomic mass is 10.2. The number of rotatable bonds is 8. The van der Waals surface area contributed by atoms with Gasteiger partial charge in [0, 0.05) is 22.3 Å². The predicted molar refractivity (Wildman–Crippen MR) is 118 cm³/mol. The van der Waals surface area contributed by atoms with Crippen LogP contribution in [0.15, 0.2) is 54.7 Å². The van der Waals surface area contributed by atoms with E-state index in [9.17, 15) is 9.18 Å². The van der Waals surface area contributed by atoms with Crippen molar-refractivity contribution in [2.45, 2.75) is 20.4 Å². The van der Waals surface area contributed by atoms with Crippen molar-refractivity contribution in [2.24, 2.45) is 0 Å². The second kappa shape index (κ2) is 9.18. The number of imidazole rings is 1. The normalized spacial score (nSPS) is 10.9. The highest BCUT2D eigenvalue weighted by atomic mass is 32.1. The first-order chi connectivity index (χ1) is 15.0. The van der Waals surface area contributed by atoms with E-state index in [-0.39, 0.29) is 18.3 Å². The van der Waals surface area contributed by atoms with Gasteiger partial charge in [-0.1, -0.05) is 11.3 Å². The van der Waals surface area contributed by atoms with E-state index in [4.69, 9.17) is 9.47 Å². The van der Waals surface area contributed by atoms with Crippen LogP contribution in [0.5, 0.6) is 11.5 Å². The van der Waals surface area contributed by atoms with Crippen LogP contribution in [-0.2, 0) is 11.3 Å². The van der Waals surface area contributed by atoms with Crippen molar-refractivity contribution in [3.63, 3.8) is 0 Å². The number of benzene rings is 2. The topological polar surface area (TPSA) is 64.9 Å². The molecule has 0 bridgehead atoms. The highest BCUT2D eigenvalue weighted by Crippen LogP contribution is 2.27. The minimum atomic E-state index is -0.273. The molecule has 4 rings (SSSR count). The summed E-state index contributed by atoms with van der Waals surface area (Å²) in [5, 5.41) is 2.88. The first-order valence-corrected chi connectivity index (χ1v) is 10.7. The first kappa shape index (κ1) is 20.9. The van der Waals surface area contributed by atoms with E-state index >= 15 is 0 Å². The average molecular weight is 440 g/mol. The molecule has 0 saturated carbocycles. The van der Waals surface area contributed by atoms with Gasteiger partial charge in [0.05, 0.1) is 18.8 Å². The summed E-state index contributed by atoms with van der Waals surface area (Å²) < 4.78 is 26.0. The maximum Gasteiger partial charge on any atom is 0.258 e. The monoisotopic (exact) mass is 439 g/mol. The highest BCUT2D eigenvalue weighted by molar-refractivity contribution is 7.17. The molecule has 1 amide bonds. The van der Waals surface area contributed by atoms with Crippen LogP contribution in [-0.4, -0.2) is 28.5 Å². The molecule has 0 aliphatic rings. The summed E-state index contributed by atoms with van der Waals surface area (Å²) in [5.74, 6) is 0.898. The van der Waals surface area contributed by atoms with Gasteiger partial charge in [0.2, 0.25) is 0 Å². The van der Waals surface area contributed by atoms with Crippen LogP contribution in [0.2, 0.25) is 0 Å². The van der Waals surface area contributed by atoms with Crippen molar-refractivity contribution in [2.75, 3.05) is 13.2 Å². The van der Waals surface area contributed by atoms with Crippen molar-refractivity contribution < 1.29 is 18.7 Å². The molecule has 2 aromatic carbocycles. The Kier molecular flexibility index (Phi) is 6.18. The summed E-state index contributed by atoms with van der Waals surface area (Å²) in [5.41, 5.74) is 2.65. The summed E-state index contributed by atoms with van der Waals surface area (Å²) >= 11 is 1.51. The largest absolute Gasteiger partial charge is 0.494 e. The van der Waals surface area contributed by atoms with Crippen molar-refractivity contribution in [1.29, 1.82) is 0 Å². The number of fused-ring (bicyclic) bond motifs is 1. The fourth-order valence-electron chi connectivity index (χ4n) is 3.10. The van der Waals surface area contributed by atoms with Gasteiger partial charge in [-0.25, -0.2) is 9.37 Å². The third kappa shape index (κ3) is 4.86. The molecule has 160 valence electrons. The fourth-order valence-corrected chi connectivity index (χ4v) is 4.14. The van der Waals surface area contributed by atoms with E-state index in [1.165, 1.54) is 23.5 Å². The Labute approximate surface area is 183 Å². The minimum Gasteiger partial charge on any atom is -0.494 e. The van der Waals surface area contributed by atoms with Gasteiger partial charge >= 0.3 is 0 Å². The molecule has 0 radical (unpaired) electrons. The van der Waals surface area contributed by atoms with Gasteiger partial charge in [-0.2, -0.15) is 0 Å². The first-order valence-electron chi connectivity index (χ1n) is 9.89. The van der Waals surface area contributed by atoms with Crippen LogP contribution in [0.25, 0.3) is 16.2 Å². The summed E-state index contributed by atoms with van der Waals surface area (Å²) in [6, 6.07) is 13.4. The molecule has 0 aliphatic heterocycles. The Morgan fingerprint density at radius 2 is 1.77 bits per heavy atom. The summed E-state index contributed by atoms with van der Waals surface area (Å²) in [7, 11) is 0. The number of thiazole rings is 1. The number of nitrogens with one attached hydrogen (secondary N) is 1. The van der Waals surface area contributed by atoms with Gasteiger partial charge in [0.15, 0.2) is 11.6 Å². The van der Waals surface area contributed by atoms with Crippen LogP contribution in [0.4, 0.5) is 4.39 Å². The van der Waals surface area contributed by atoms with Gasteiger partial charge in [-0.3, -0.25) is 9.20 Å². The second-order valence-corrected chi connectivity index (χ2v) is 7.93. The van der Waals surface area contributed by atoms with Crippen LogP contribution < -0.4 is 14.8 Å². The molecule has 1 N–H and O–H groups in total. The van der Waals surface area contributed by atoms with E-state index in [1.54, 1.807) is 24.3 Å². The van der Waals surface area contributed by atoms with Crippen LogP contribution in [0.3, 0.4) is 0 Å². The number of carbonyl (C=O) groups excluding carboxylic acids is 1. The minimum absolute atomic E-state index is 0.0652. The van der Waals surface area contributed by atoms with Crippen molar-refractivity contribution >= 4 is 22.2 Å². The molecule has 2 heterocycles. The predicted octanol–water partition coefficient (Wildman–Crippen LogP) is 4.60. The zero-order chi connectivity index (χ0) is 21.8. The number of amides is 1. The Hall–Kier alpha value is -3.39. The molecule has 4 aromatic rings. The number of aromatic nitrogens is 2. The van der Waals surface area contributed by atoms with Gasteiger partial charge in [-0.05, 0) is 62.4 Å². The number of ether oxygens (including phenoxy) is 2. The molecule has 0 saturated heterocycles. The highest BCUT2D eigenvalue weighted by Gasteiger charge is 2.14. The van der Waals surface area contributed by atoms with E-state index in [0.29, 0.717) is 18.9 Å². The molecule has 0 atom stereocenters. The number of carbonyl (C=O) groups is 1. The molecule has 0 aliphatic carbocycles. The standard InChI is InChI=1S/C23H22FN3O3S/c1-3-29-18-8-10-19(11-9-18)30-14-22(28)25-12-21-15(2)27-13-20(26-23(27)31-21)16-4-6-17(24)7-5-16/h4-11,13H,3,12,14H2,1-2H3,(H,25,28). The maximum absolute atomic E-state index is 13.1. The van der Waals surface area contributed by atoms with Crippen LogP contribution in [0.1, 0.15) is 17.5 Å². The number of hydrogen-bond acceptors (Lipinski definition) is 5. The quantitative estimate of drug-likeness (QED) is 0.436. The molecular weight excluding hydrogens is 417 g/mol. The molecule has 2 aromatic heterocycles. The van der Waals surface area contributed by atoms with Gasteiger partial charge in [-0.15, -0.1) is 0 Å². The van der Waals surface area contributed by atoms with E-state index in [0.717, 1.165) is 32.5 Å². The van der Waals surface area contributed by atoms with Gasteiger partial charge < -0.3 is 14.8 Å². The molecule has 31 heavy (non-hydrogen) atoms. The van der Waals surface area contributed by atoms with Gasteiger partial charge in [0.25, 0.3) is 5.91 Å². The number of halogens is 1. The lowest BCUT2D eigenvalue weighted by Gasteiger charge is -2.08. The Balaban J connectivity index is 1.34. The van der Waals surface area contributed by atoms with Crippen LogP contribution in [0, 0.1) is 12.7 Å². The number of nitrogens with zero attached hydrogens (tertiary/aromatic N) is 2. The van der Waals surface area contributed by atoms with Crippen molar-refractivity contribution in [1.82, 2.24) is 14.7 Å². The lowest BCUT2D eigenvalue weighted by molar-refractivity contribution is -0.123. The molecule has 0 unspecified atom stereocenters. The Morgan fingerprint density at radius 1 is 1.10 bits per heavy atom. The number of hydrogen-bond donors (Lipinski definition) is 1. The third-order valence-corrected chi connectivity index (χ3v) is 5.90. The average Bonchev–Trinajstić information content (AvgIpc) is 3.32. The maximum atomic E-state index is 13.1. The second-order valence-electron chi connectivity index (χ2n) is 6.87. The Morgan fingerprint density at radius 3 is 2.42 bits per heavy atom. The number of aryl methyl sites for hydroxylation is 1. The summed E-state index contributed by atoms with van der Waals surface area (Å²) in [6.45, 7) is 4.84. The van der Waals surface area contributed by atoms with Crippen molar-refractivity contribution in [3.05, 3.63) is 71.1 Å². The molecule has 0 fully saturated rings. The van der Waals surface area contributed by atoms with E-state index < -0.39 is 0 Å². The SMILES string of the molecule is CCOc1ccc(OCC(=O)NCc2sc3nc(-c4ccc(F)cc4)cn3c2C)cc1. The van der Waals surface area contributed by atoms with Crippen LogP contribution >= 0.6 is 11.3 Å². The zero-order valence-electron chi connectivity index (χ0n) is 17.2.